The minimum absolute atomic E-state index is 0.0843. The second-order valence-corrected chi connectivity index (χ2v) is 8.11. The minimum atomic E-state index is -3.89. The number of hydrogen-bond acceptors (Lipinski definition) is 4. The van der Waals surface area contributed by atoms with Crippen LogP contribution in [0.3, 0.4) is 0 Å². The van der Waals surface area contributed by atoms with Crippen molar-refractivity contribution in [3.63, 3.8) is 0 Å². The number of methoxy groups -OCH3 is 1. The largest absolute Gasteiger partial charge is 0.496 e. The second-order valence-electron chi connectivity index (χ2n) is 5.54. The number of ether oxygens (including phenoxy) is 1. The van der Waals surface area contributed by atoms with Gasteiger partial charge < -0.3 is 10.1 Å². The van der Waals surface area contributed by atoms with Gasteiger partial charge >= 0.3 is 0 Å². The van der Waals surface area contributed by atoms with Crippen LogP contribution in [0.1, 0.15) is 31.1 Å². The normalized spacial score (nSPS) is 12.1. The summed E-state index contributed by atoms with van der Waals surface area (Å²) in [5.41, 5.74) is 0.0532. The van der Waals surface area contributed by atoms with Gasteiger partial charge in [0.2, 0.25) is 0 Å². The topological polar surface area (TPSA) is 72.5 Å². The van der Waals surface area contributed by atoms with Crippen molar-refractivity contribution >= 4 is 25.6 Å². The summed E-state index contributed by atoms with van der Waals surface area (Å²) in [4.78, 5) is 12.0. The van der Waals surface area contributed by atoms with Crippen molar-refractivity contribution in [2.45, 2.75) is 25.7 Å². The highest BCUT2D eigenvalue weighted by atomic mass is 35.7. The molecule has 0 fully saturated rings. The highest BCUT2D eigenvalue weighted by molar-refractivity contribution is 8.13. The van der Waals surface area contributed by atoms with Crippen LogP contribution in [-0.4, -0.2) is 28.0 Å². The van der Waals surface area contributed by atoms with E-state index in [1.807, 2.05) is 20.8 Å². The Labute approximate surface area is 123 Å². The summed E-state index contributed by atoms with van der Waals surface area (Å²) >= 11 is 0. The zero-order valence-electron chi connectivity index (χ0n) is 11.9. The standard InChI is InChI=1S/C13H18ClNO4S/c1-13(2,3)8-15-12(16)10-7-9(20(14,17)18)5-6-11(10)19-4/h5-7H,8H2,1-4H3,(H,15,16). The van der Waals surface area contributed by atoms with Crippen LogP contribution < -0.4 is 10.1 Å². The molecule has 1 rings (SSSR count). The fourth-order valence-corrected chi connectivity index (χ4v) is 2.23. The van der Waals surface area contributed by atoms with E-state index in [-0.39, 0.29) is 15.9 Å². The average molecular weight is 320 g/mol. The number of benzene rings is 1. The third-order valence-electron chi connectivity index (χ3n) is 2.48. The van der Waals surface area contributed by atoms with Gasteiger partial charge in [0.15, 0.2) is 0 Å². The molecule has 7 heteroatoms. The van der Waals surface area contributed by atoms with Gasteiger partial charge in [-0.3, -0.25) is 4.79 Å². The summed E-state index contributed by atoms with van der Waals surface area (Å²) in [6.07, 6.45) is 0. The maximum absolute atomic E-state index is 12.1. The van der Waals surface area contributed by atoms with E-state index in [0.717, 1.165) is 0 Å². The molecule has 0 aliphatic heterocycles. The lowest BCUT2D eigenvalue weighted by Gasteiger charge is -2.19. The summed E-state index contributed by atoms with van der Waals surface area (Å²) in [5.74, 6) is -0.112. The van der Waals surface area contributed by atoms with E-state index >= 15 is 0 Å². The number of carbonyl (C=O) groups is 1. The molecule has 5 nitrogen and oxygen atoms in total. The van der Waals surface area contributed by atoms with Crippen LogP contribution in [-0.2, 0) is 9.05 Å². The first-order valence-electron chi connectivity index (χ1n) is 5.95. The molecule has 0 aromatic heterocycles. The van der Waals surface area contributed by atoms with Gasteiger partial charge in [-0.2, -0.15) is 0 Å². The van der Waals surface area contributed by atoms with E-state index in [2.05, 4.69) is 5.32 Å². The smallest absolute Gasteiger partial charge is 0.261 e. The number of carbonyl (C=O) groups excluding carboxylic acids is 1. The Bertz CT molecular complexity index is 605. The van der Waals surface area contributed by atoms with E-state index in [1.54, 1.807) is 0 Å². The van der Waals surface area contributed by atoms with Crippen LogP contribution in [0.15, 0.2) is 23.1 Å². The first-order valence-corrected chi connectivity index (χ1v) is 8.26. The van der Waals surface area contributed by atoms with Crippen LogP contribution in [0.5, 0.6) is 5.75 Å². The summed E-state index contributed by atoms with van der Waals surface area (Å²) in [6, 6.07) is 3.90. The van der Waals surface area contributed by atoms with Gasteiger partial charge in [-0.1, -0.05) is 20.8 Å². The number of hydrogen-bond donors (Lipinski definition) is 1. The molecule has 20 heavy (non-hydrogen) atoms. The number of amides is 1. The molecule has 0 saturated carbocycles. The summed E-state index contributed by atoms with van der Waals surface area (Å²) < 4.78 is 27.7. The monoisotopic (exact) mass is 319 g/mol. The van der Waals surface area contributed by atoms with Crippen molar-refractivity contribution < 1.29 is 17.9 Å². The summed E-state index contributed by atoms with van der Waals surface area (Å²) in [6.45, 7) is 6.38. The van der Waals surface area contributed by atoms with Crippen LogP contribution >= 0.6 is 10.7 Å². The number of rotatable bonds is 4. The quantitative estimate of drug-likeness (QED) is 0.865. The van der Waals surface area contributed by atoms with Gasteiger partial charge in [-0.15, -0.1) is 0 Å². The van der Waals surface area contributed by atoms with E-state index < -0.39 is 15.0 Å². The Morgan fingerprint density at radius 3 is 2.40 bits per heavy atom. The van der Waals surface area contributed by atoms with E-state index in [9.17, 15) is 13.2 Å². The van der Waals surface area contributed by atoms with Gasteiger partial charge in [0.05, 0.1) is 17.6 Å². The molecule has 0 bridgehead atoms. The minimum Gasteiger partial charge on any atom is -0.496 e. The third kappa shape index (κ3) is 4.68. The molecule has 1 aromatic rings. The highest BCUT2D eigenvalue weighted by Crippen LogP contribution is 2.24. The zero-order valence-corrected chi connectivity index (χ0v) is 13.4. The lowest BCUT2D eigenvalue weighted by molar-refractivity contribution is 0.0936. The molecule has 0 saturated heterocycles. The Kier molecular flexibility index (Phi) is 5.05. The first kappa shape index (κ1) is 16.8. The van der Waals surface area contributed by atoms with Crippen molar-refractivity contribution in [2.75, 3.05) is 13.7 Å². The Morgan fingerprint density at radius 2 is 1.95 bits per heavy atom. The predicted molar refractivity (Wildman–Crippen MR) is 77.8 cm³/mol. The van der Waals surface area contributed by atoms with E-state index in [1.165, 1.54) is 25.3 Å². The van der Waals surface area contributed by atoms with Crippen LogP contribution in [0.2, 0.25) is 0 Å². The number of halogens is 1. The van der Waals surface area contributed by atoms with Crippen molar-refractivity contribution in [2.24, 2.45) is 5.41 Å². The highest BCUT2D eigenvalue weighted by Gasteiger charge is 2.19. The molecular formula is C13H18ClNO4S. The van der Waals surface area contributed by atoms with Crippen molar-refractivity contribution in [1.82, 2.24) is 5.32 Å². The molecular weight excluding hydrogens is 302 g/mol. The molecule has 1 amide bonds. The first-order chi connectivity index (χ1) is 9.04. The lowest BCUT2D eigenvalue weighted by atomic mass is 9.97. The lowest BCUT2D eigenvalue weighted by Crippen LogP contribution is -2.32. The summed E-state index contributed by atoms with van der Waals surface area (Å²) in [7, 11) is 2.80. The molecule has 0 radical (unpaired) electrons. The zero-order chi connectivity index (χ0) is 15.6. The second kappa shape index (κ2) is 6.01. The predicted octanol–water partition coefficient (Wildman–Crippen LogP) is 2.40. The molecule has 0 aliphatic rings. The van der Waals surface area contributed by atoms with Crippen molar-refractivity contribution in [3.8, 4) is 5.75 Å². The van der Waals surface area contributed by atoms with Gasteiger partial charge in [0, 0.05) is 17.2 Å². The molecule has 0 unspecified atom stereocenters. The SMILES string of the molecule is COc1ccc(S(=O)(=O)Cl)cc1C(=O)NCC(C)(C)C. The summed E-state index contributed by atoms with van der Waals surface area (Å²) in [5, 5.41) is 2.74. The fourth-order valence-electron chi connectivity index (χ4n) is 1.46. The maximum Gasteiger partial charge on any atom is 0.261 e. The molecule has 0 spiro atoms. The van der Waals surface area contributed by atoms with Gasteiger partial charge in [-0.25, -0.2) is 8.42 Å². The van der Waals surface area contributed by atoms with Crippen LogP contribution in [0, 0.1) is 5.41 Å². The van der Waals surface area contributed by atoms with Gasteiger partial charge in [0.25, 0.3) is 15.0 Å². The number of nitrogens with one attached hydrogen (secondary N) is 1. The maximum atomic E-state index is 12.1. The molecule has 1 aromatic carbocycles. The molecule has 1 N–H and O–H groups in total. The molecule has 112 valence electrons. The molecule has 0 aliphatic carbocycles. The third-order valence-corrected chi connectivity index (χ3v) is 3.83. The van der Waals surface area contributed by atoms with Crippen LogP contribution in [0.25, 0.3) is 0 Å². The van der Waals surface area contributed by atoms with Gasteiger partial charge in [-0.05, 0) is 23.6 Å². The van der Waals surface area contributed by atoms with Crippen molar-refractivity contribution in [3.05, 3.63) is 23.8 Å². The van der Waals surface area contributed by atoms with Gasteiger partial charge in [0.1, 0.15) is 5.75 Å². The van der Waals surface area contributed by atoms with Crippen molar-refractivity contribution in [1.29, 1.82) is 0 Å². The Balaban J connectivity index is 3.11. The molecule has 0 heterocycles. The Hall–Kier alpha value is -1.27. The Morgan fingerprint density at radius 1 is 1.35 bits per heavy atom. The molecule has 0 atom stereocenters. The van der Waals surface area contributed by atoms with E-state index in [4.69, 9.17) is 15.4 Å². The fraction of sp³-hybridized carbons (Fsp3) is 0.462. The van der Waals surface area contributed by atoms with Crippen LogP contribution in [0.4, 0.5) is 0 Å². The van der Waals surface area contributed by atoms with E-state index in [0.29, 0.717) is 12.3 Å². The average Bonchev–Trinajstić information content (AvgIpc) is 2.33.